The number of sulfonamides is 1. The fourth-order valence-electron chi connectivity index (χ4n) is 4.84. The SMILES string of the molecule is Cc1ccc(S(=O)(=O)N(CC(=O)N(Cc2cccc(Cl)c2)C(Cc2ccccc2)C(=O)NC(C)(C)C)c2ccccc2Cl)cc1. The minimum Gasteiger partial charge on any atom is -0.350 e. The van der Waals surface area contributed by atoms with Crippen LogP contribution in [-0.4, -0.2) is 43.3 Å². The van der Waals surface area contributed by atoms with Crippen molar-refractivity contribution in [2.24, 2.45) is 0 Å². The van der Waals surface area contributed by atoms with E-state index in [9.17, 15) is 18.0 Å². The molecule has 1 unspecified atom stereocenters. The van der Waals surface area contributed by atoms with Crippen molar-refractivity contribution in [3.05, 3.63) is 130 Å². The Balaban J connectivity index is 1.83. The Morgan fingerprint density at radius 3 is 2.07 bits per heavy atom. The zero-order valence-electron chi connectivity index (χ0n) is 25.7. The van der Waals surface area contributed by atoms with E-state index in [0.29, 0.717) is 10.6 Å². The smallest absolute Gasteiger partial charge is 0.264 e. The molecule has 0 spiro atoms. The van der Waals surface area contributed by atoms with E-state index < -0.39 is 34.1 Å². The summed E-state index contributed by atoms with van der Waals surface area (Å²) in [5.41, 5.74) is 1.97. The molecule has 0 saturated carbocycles. The van der Waals surface area contributed by atoms with Gasteiger partial charge < -0.3 is 10.2 Å². The molecule has 0 fully saturated rings. The standard InChI is InChI=1S/C35H37Cl2N3O4S/c1-25-17-19-29(20-18-25)45(43,44)40(31-16-9-8-15-30(31)37)24-33(41)39(23-27-13-10-14-28(36)21-27)32(34(42)38-35(2,3)4)22-26-11-6-5-7-12-26/h5-21,32H,22-24H2,1-4H3,(H,38,42). The molecule has 4 aromatic carbocycles. The van der Waals surface area contributed by atoms with Crippen molar-refractivity contribution in [1.29, 1.82) is 0 Å². The molecule has 10 heteroatoms. The zero-order valence-corrected chi connectivity index (χ0v) is 28.0. The molecule has 0 aromatic heterocycles. The van der Waals surface area contributed by atoms with Crippen molar-refractivity contribution < 1.29 is 18.0 Å². The number of benzene rings is 4. The minimum atomic E-state index is -4.26. The van der Waals surface area contributed by atoms with Crippen molar-refractivity contribution in [2.75, 3.05) is 10.8 Å². The quantitative estimate of drug-likeness (QED) is 0.186. The molecule has 0 saturated heterocycles. The summed E-state index contributed by atoms with van der Waals surface area (Å²) < 4.78 is 29.3. The van der Waals surface area contributed by atoms with Crippen LogP contribution in [0.4, 0.5) is 5.69 Å². The number of carbonyl (C=O) groups excluding carboxylic acids is 2. The van der Waals surface area contributed by atoms with Crippen molar-refractivity contribution in [1.82, 2.24) is 10.2 Å². The lowest BCUT2D eigenvalue weighted by atomic mass is 10.0. The van der Waals surface area contributed by atoms with E-state index in [2.05, 4.69) is 5.32 Å². The first kappa shape index (κ1) is 34.0. The summed E-state index contributed by atoms with van der Waals surface area (Å²) in [5.74, 6) is -0.956. The molecule has 2 amide bonds. The summed E-state index contributed by atoms with van der Waals surface area (Å²) in [5, 5.41) is 3.65. The first-order chi connectivity index (χ1) is 21.2. The average Bonchev–Trinajstić information content (AvgIpc) is 2.98. The van der Waals surface area contributed by atoms with Crippen LogP contribution in [0.1, 0.15) is 37.5 Å². The Morgan fingerprint density at radius 2 is 1.44 bits per heavy atom. The summed E-state index contributed by atoms with van der Waals surface area (Å²) in [6.07, 6.45) is 0.200. The van der Waals surface area contributed by atoms with E-state index in [1.807, 2.05) is 64.1 Å². The first-order valence-electron chi connectivity index (χ1n) is 14.5. The number of rotatable bonds is 11. The normalized spacial score (nSPS) is 12.3. The Hall–Kier alpha value is -3.85. The lowest BCUT2D eigenvalue weighted by Gasteiger charge is -2.35. The number of carbonyl (C=O) groups is 2. The van der Waals surface area contributed by atoms with Gasteiger partial charge in [0.05, 0.1) is 15.6 Å². The summed E-state index contributed by atoms with van der Waals surface area (Å²) in [4.78, 5) is 29.9. The van der Waals surface area contributed by atoms with Crippen LogP contribution in [-0.2, 0) is 32.6 Å². The van der Waals surface area contributed by atoms with E-state index in [4.69, 9.17) is 23.2 Å². The van der Waals surface area contributed by atoms with E-state index in [1.165, 1.54) is 17.0 Å². The Kier molecular flexibility index (Phi) is 11.0. The van der Waals surface area contributed by atoms with Gasteiger partial charge in [0.1, 0.15) is 12.6 Å². The Bertz CT molecular complexity index is 1740. The lowest BCUT2D eigenvalue weighted by molar-refractivity contribution is -0.140. The number of amides is 2. The Labute approximate surface area is 275 Å². The van der Waals surface area contributed by atoms with E-state index in [1.54, 1.807) is 54.6 Å². The number of hydrogen-bond acceptors (Lipinski definition) is 4. The monoisotopic (exact) mass is 665 g/mol. The van der Waals surface area contributed by atoms with Crippen LogP contribution in [0.5, 0.6) is 0 Å². The van der Waals surface area contributed by atoms with Crippen molar-refractivity contribution in [3.63, 3.8) is 0 Å². The van der Waals surface area contributed by atoms with Crippen molar-refractivity contribution in [2.45, 2.75) is 57.1 Å². The van der Waals surface area contributed by atoms with Crippen LogP contribution in [0.25, 0.3) is 0 Å². The second-order valence-electron chi connectivity index (χ2n) is 11.9. The summed E-state index contributed by atoms with van der Waals surface area (Å²) in [6, 6.07) is 28.2. The molecule has 0 radical (unpaired) electrons. The van der Waals surface area contributed by atoms with Gasteiger partial charge in [-0.15, -0.1) is 0 Å². The summed E-state index contributed by atoms with van der Waals surface area (Å²) in [6.45, 7) is 6.85. The molecule has 0 heterocycles. The highest BCUT2D eigenvalue weighted by Crippen LogP contribution is 2.31. The van der Waals surface area contributed by atoms with Crippen molar-refractivity contribution >= 4 is 50.7 Å². The van der Waals surface area contributed by atoms with Gasteiger partial charge in [0, 0.05) is 23.5 Å². The molecule has 1 atom stereocenters. The fourth-order valence-corrected chi connectivity index (χ4v) is 6.78. The van der Waals surface area contributed by atoms with Gasteiger partial charge in [-0.3, -0.25) is 13.9 Å². The second-order valence-corrected chi connectivity index (χ2v) is 14.6. The number of halogens is 2. The van der Waals surface area contributed by atoms with Gasteiger partial charge in [0.15, 0.2) is 0 Å². The number of nitrogens with zero attached hydrogens (tertiary/aromatic N) is 2. The maximum absolute atomic E-state index is 14.5. The topological polar surface area (TPSA) is 86.8 Å². The highest BCUT2D eigenvalue weighted by atomic mass is 35.5. The fraction of sp³-hybridized carbons (Fsp3) is 0.257. The van der Waals surface area contributed by atoms with Gasteiger partial charge in [0.25, 0.3) is 10.0 Å². The number of anilines is 1. The summed E-state index contributed by atoms with van der Waals surface area (Å²) >= 11 is 12.8. The van der Waals surface area contributed by atoms with Gasteiger partial charge in [-0.05, 0) is 75.2 Å². The molecular weight excluding hydrogens is 629 g/mol. The molecule has 7 nitrogen and oxygen atoms in total. The molecule has 236 valence electrons. The van der Waals surface area contributed by atoms with E-state index >= 15 is 0 Å². The van der Waals surface area contributed by atoms with Gasteiger partial charge in [-0.1, -0.05) is 95.5 Å². The third-order valence-electron chi connectivity index (χ3n) is 7.02. The second kappa shape index (κ2) is 14.5. The van der Waals surface area contributed by atoms with Crippen LogP contribution in [0.15, 0.2) is 108 Å². The average molecular weight is 667 g/mol. The molecule has 4 aromatic rings. The highest BCUT2D eigenvalue weighted by Gasteiger charge is 2.36. The highest BCUT2D eigenvalue weighted by molar-refractivity contribution is 7.92. The molecular formula is C35H37Cl2N3O4S. The number of para-hydroxylation sites is 1. The lowest BCUT2D eigenvalue weighted by Crippen LogP contribution is -2.56. The molecule has 0 aliphatic carbocycles. The molecule has 0 bridgehead atoms. The third-order valence-corrected chi connectivity index (χ3v) is 9.35. The van der Waals surface area contributed by atoms with Crippen molar-refractivity contribution in [3.8, 4) is 0 Å². The summed E-state index contributed by atoms with van der Waals surface area (Å²) in [7, 11) is -4.26. The van der Waals surface area contributed by atoms with Crippen LogP contribution in [0, 0.1) is 6.92 Å². The molecule has 45 heavy (non-hydrogen) atoms. The number of aryl methyl sites for hydroxylation is 1. The van der Waals surface area contributed by atoms with Crippen LogP contribution in [0.2, 0.25) is 10.0 Å². The predicted molar refractivity (Wildman–Crippen MR) is 181 cm³/mol. The van der Waals surface area contributed by atoms with E-state index in [0.717, 1.165) is 15.4 Å². The van der Waals surface area contributed by atoms with Gasteiger partial charge >= 0.3 is 0 Å². The first-order valence-corrected chi connectivity index (χ1v) is 16.7. The molecule has 1 N–H and O–H groups in total. The Morgan fingerprint density at radius 1 is 0.822 bits per heavy atom. The largest absolute Gasteiger partial charge is 0.350 e. The van der Waals surface area contributed by atoms with Gasteiger partial charge in [-0.2, -0.15) is 0 Å². The maximum atomic E-state index is 14.5. The van der Waals surface area contributed by atoms with Gasteiger partial charge in [-0.25, -0.2) is 8.42 Å². The number of hydrogen-bond donors (Lipinski definition) is 1. The zero-order chi connectivity index (χ0) is 32.8. The van der Waals surface area contributed by atoms with Crippen LogP contribution < -0.4 is 9.62 Å². The maximum Gasteiger partial charge on any atom is 0.264 e. The van der Waals surface area contributed by atoms with Crippen LogP contribution in [0.3, 0.4) is 0 Å². The molecule has 0 aliphatic rings. The minimum absolute atomic E-state index is 0.00789. The molecule has 4 rings (SSSR count). The van der Waals surface area contributed by atoms with E-state index in [-0.39, 0.29) is 34.5 Å². The predicted octanol–water partition coefficient (Wildman–Crippen LogP) is 7.05. The third kappa shape index (κ3) is 9.10. The molecule has 0 aliphatic heterocycles. The van der Waals surface area contributed by atoms with Crippen LogP contribution >= 0.6 is 23.2 Å². The van der Waals surface area contributed by atoms with Gasteiger partial charge in [0.2, 0.25) is 11.8 Å². The number of nitrogens with one attached hydrogen (secondary N) is 1.